The summed E-state index contributed by atoms with van der Waals surface area (Å²) in [5.41, 5.74) is 6.35. The average Bonchev–Trinajstić information content (AvgIpc) is 3.59. The van der Waals surface area contributed by atoms with E-state index in [1.54, 1.807) is 7.11 Å². The van der Waals surface area contributed by atoms with E-state index in [0.717, 1.165) is 89.1 Å². The van der Waals surface area contributed by atoms with Gasteiger partial charge in [-0.2, -0.15) is 0 Å². The molecule has 0 amide bonds. The van der Waals surface area contributed by atoms with Gasteiger partial charge in [-0.25, -0.2) is 9.97 Å². The highest BCUT2D eigenvalue weighted by molar-refractivity contribution is 6.76. The maximum Gasteiger partial charge on any atom is 0.159 e. The van der Waals surface area contributed by atoms with Crippen molar-refractivity contribution in [2.75, 3.05) is 26.9 Å². The molecule has 9 heteroatoms. The third-order valence-corrected chi connectivity index (χ3v) is 9.41. The van der Waals surface area contributed by atoms with Crippen LogP contribution in [0.2, 0.25) is 25.7 Å². The number of benzene rings is 1. The molecule has 6 rings (SSSR count). The van der Waals surface area contributed by atoms with Crippen molar-refractivity contribution in [2.24, 2.45) is 7.05 Å². The molecule has 5 aromatic rings. The highest BCUT2D eigenvalue weighted by Gasteiger charge is 2.24. The maximum absolute atomic E-state index is 6.31. The SMILES string of the molecule is COc1ccc2c(c1)c(-c1cc3c(ncc4cnc(C5CCOCC5)n43)n1COCC[Si](C)(C)C)cn2C. The van der Waals surface area contributed by atoms with Crippen molar-refractivity contribution in [2.45, 2.75) is 51.2 Å². The van der Waals surface area contributed by atoms with Gasteiger partial charge in [-0.1, -0.05) is 19.6 Å². The zero-order valence-electron chi connectivity index (χ0n) is 23.0. The summed E-state index contributed by atoms with van der Waals surface area (Å²) >= 11 is 0. The number of ether oxygens (including phenoxy) is 3. The minimum atomic E-state index is -1.20. The van der Waals surface area contributed by atoms with Crippen LogP contribution in [0.3, 0.4) is 0 Å². The molecule has 38 heavy (non-hydrogen) atoms. The molecule has 0 bridgehead atoms. The Labute approximate surface area is 224 Å². The third-order valence-electron chi connectivity index (χ3n) is 7.70. The zero-order valence-corrected chi connectivity index (χ0v) is 24.0. The molecule has 4 aromatic heterocycles. The predicted molar refractivity (Wildman–Crippen MR) is 154 cm³/mol. The smallest absolute Gasteiger partial charge is 0.159 e. The van der Waals surface area contributed by atoms with Crippen LogP contribution < -0.4 is 4.74 Å². The van der Waals surface area contributed by atoms with Crippen LogP contribution in [-0.4, -0.2) is 58.5 Å². The highest BCUT2D eigenvalue weighted by atomic mass is 28.3. The fourth-order valence-electron chi connectivity index (χ4n) is 5.52. The van der Waals surface area contributed by atoms with Gasteiger partial charge in [0.05, 0.1) is 36.2 Å². The summed E-state index contributed by atoms with van der Waals surface area (Å²) in [6, 6.07) is 9.63. The Morgan fingerprint density at radius 1 is 1.05 bits per heavy atom. The number of methoxy groups -OCH3 is 1. The lowest BCUT2D eigenvalue weighted by Gasteiger charge is -2.21. The van der Waals surface area contributed by atoms with Gasteiger partial charge >= 0.3 is 0 Å². The monoisotopic (exact) mass is 531 g/mol. The number of nitrogens with zero attached hydrogens (tertiary/aromatic N) is 5. The van der Waals surface area contributed by atoms with Crippen molar-refractivity contribution in [3.8, 4) is 17.0 Å². The average molecular weight is 532 g/mol. The molecular weight excluding hydrogens is 494 g/mol. The van der Waals surface area contributed by atoms with Crippen molar-refractivity contribution in [1.82, 2.24) is 23.5 Å². The van der Waals surface area contributed by atoms with Gasteiger partial charge in [0.25, 0.3) is 0 Å². The Kier molecular flexibility index (Phi) is 6.53. The summed E-state index contributed by atoms with van der Waals surface area (Å²) in [6.07, 6.45) is 8.05. The van der Waals surface area contributed by atoms with E-state index in [1.165, 1.54) is 0 Å². The van der Waals surface area contributed by atoms with Crippen LogP contribution in [0.15, 0.2) is 42.9 Å². The summed E-state index contributed by atoms with van der Waals surface area (Å²) in [5.74, 6) is 2.31. The Hall–Kier alpha value is -3.14. The zero-order chi connectivity index (χ0) is 26.4. The first-order chi connectivity index (χ1) is 18.3. The second kappa shape index (κ2) is 9.87. The van der Waals surface area contributed by atoms with Crippen molar-refractivity contribution in [3.63, 3.8) is 0 Å². The molecule has 1 aliphatic heterocycles. The van der Waals surface area contributed by atoms with Gasteiger partial charge in [-0.15, -0.1) is 0 Å². The van der Waals surface area contributed by atoms with E-state index in [9.17, 15) is 0 Å². The predicted octanol–water partition coefficient (Wildman–Crippen LogP) is 6.06. The summed E-state index contributed by atoms with van der Waals surface area (Å²) in [6.45, 7) is 9.90. The highest BCUT2D eigenvalue weighted by Crippen LogP contribution is 2.37. The molecule has 1 aromatic carbocycles. The lowest BCUT2D eigenvalue weighted by Crippen LogP contribution is -2.22. The summed E-state index contributed by atoms with van der Waals surface area (Å²) in [7, 11) is 2.60. The van der Waals surface area contributed by atoms with Crippen LogP contribution in [0.25, 0.3) is 38.8 Å². The molecule has 1 aliphatic rings. The van der Waals surface area contributed by atoms with Gasteiger partial charge in [0.1, 0.15) is 18.3 Å². The molecule has 0 unspecified atom stereocenters. The van der Waals surface area contributed by atoms with Crippen LogP contribution in [-0.2, 0) is 23.3 Å². The largest absolute Gasteiger partial charge is 0.497 e. The summed E-state index contributed by atoms with van der Waals surface area (Å²) in [5, 5.41) is 1.14. The number of hydrogen-bond donors (Lipinski definition) is 0. The normalized spacial score (nSPS) is 15.3. The van der Waals surface area contributed by atoms with Gasteiger partial charge in [0, 0.05) is 63.5 Å². The summed E-state index contributed by atoms with van der Waals surface area (Å²) < 4.78 is 24.2. The lowest BCUT2D eigenvalue weighted by molar-refractivity contribution is 0.0835. The number of aromatic nitrogens is 5. The first kappa shape index (κ1) is 25.2. The van der Waals surface area contributed by atoms with Gasteiger partial charge in [-0.05, 0) is 43.2 Å². The van der Waals surface area contributed by atoms with Crippen LogP contribution in [0.4, 0.5) is 0 Å². The number of aryl methyl sites for hydroxylation is 1. The van der Waals surface area contributed by atoms with Crippen molar-refractivity contribution in [3.05, 3.63) is 48.7 Å². The van der Waals surface area contributed by atoms with Gasteiger partial charge < -0.3 is 18.8 Å². The first-order valence-electron chi connectivity index (χ1n) is 13.5. The molecule has 0 saturated carbocycles. The molecule has 0 radical (unpaired) electrons. The minimum absolute atomic E-state index is 0.374. The van der Waals surface area contributed by atoms with E-state index < -0.39 is 8.07 Å². The van der Waals surface area contributed by atoms with Gasteiger partial charge in [0.2, 0.25) is 0 Å². The number of imidazole rings is 1. The Bertz CT molecular complexity index is 1600. The Morgan fingerprint density at radius 2 is 1.84 bits per heavy atom. The van der Waals surface area contributed by atoms with E-state index in [0.29, 0.717) is 12.6 Å². The topological polar surface area (TPSA) is 67.7 Å². The molecule has 0 N–H and O–H groups in total. The lowest BCUT2D eigenvalue weighted by atomic mass is 9.99. The van der Waals surface area contributed by atoms with Crippen LogP contribution in [0, 0.1) is 0 Å². The second-order valence-electron chi connectivity index (χ2n) is 11.6. The number of hydrogen-bond acceptors (Lipinski definition) is 5. The quantitative estimate of drug-likeness (QED) is 0.180. The van der Waals surface area contributed by atoms with E-state index in [1.807, 2.05) is 18.5 Å². The molecule has 200 valence electrons. The second-order valence-corrected chi connectivity index (χ2v) is 17.2. The minimum Gasteiger partial charge on any atom is -0.497 e. The van der Waals surface area contributed by atoms with Gasteiger partial charge in [0.15, 0.2) is 5.65 Å². The fraction of sp³-hybridized carbons (Fsp3) is 0.448. The van der Waals surface area contributed by atoms with E-state index >= 15 is 0 Å². The van der Waals surface area contributed by atoms with E-state index in [-0.39, 0.29) is 0 Å². The molecule has 0 spiro atoms. The fourth-order valence-corrected chi connectivity index (χ4v) is 6.28. The van der Waals surface area contributed by atoms with Crippen LogP contribution >= 0.6 is 0 Å². The Balaban J connectivity index is 1.53. The molecule has 0 atom stereocenters. The van der Waals surface area contributed by atoms with Gasteiger partial charge in [-0.3, -0.25) is 8.97 Å². The summed E-state index contributed by atoms with van der Waals surface area (Å²) in [4.78, 5) is 9.81. The van der Waals surface area contributed by atoms with Crippen molar-refractivity contribution in [1.29, 1.82) is 0 Å². The Morgan fingerprint density at radius 3 is 2.61 bits per heavy atom. The molecule has 0 aliphatic carbocycles. The van der Waals surface area contributed by atoms with Crippen LogP contribution in [0.1, 0.15) is 24.6 Å². The van der Waals surface area contributed by atoms with E-state index in [4.69, 9.17) is 24.2 Å². The molecule has 1 fully saturated rings. The van der Waals surface area contributed by atoms with Crippen LogP contribution in [0.5, 0.6) is 5.75 Å². The van der Waals surface area contributed by atoms with E-state index in [2.05, 4.69) is 64.6 Å². The standard InChI is InChI=1S/C29H37N5O3Si/c1-32-18-24(23-14-22(35-2)6-7-25(23)32)26-15-27-29(33(26)19-37-12-13-38(3,4)5)31-17-21-16-30-28(34(21)27)20-8-10-36-11-9-20/h6-7,14-18,20H,8-13,19H2,1-5H3. The number of rotatable bonds is 8. The molecule has 5 heterocycles. The molecule has 1 saturated heterocycles. The number of fused-ring (bicyclic) bond motifs is 4. The maximum atomic E-state index is 6.31. The first-order valence-corrected chi connectivity index (χ1v) is 17.2. The molecule has 8 nitrogen and oxygen atoms in total. The third kappa shape index (κ3) is 4.52. The van der Waals surface area contributed by atoms with Crippen molar-refractivity contribution < 1.29 is 14.2 Å². The van der Waals surface area contributed by atoms with Crippen molar-refractivity contribution >= 4 is 35.7 Å². The molecular formula is C29H37N5O3Si.